The van der Waals surface area contributed by atoms with Crippen molar-refractivity contribution in [2.24, 2.45) is 5.92 Å². The molecule has 0 bridgehead atoms. The maximum atomic E-state index is 5.29. The van der Waals surface area contributed by atoms with Gasteiger partial charge in [-0.25, -0.2) is 9.97 Å². The molecular formula is C14H24N4O. The predicted molar refractivity (Wildman–Crippen MR) is 76.7 cm³/mol. The van der Waals surface area contributed by atoms with Crippen molar-refractivity contribution in [3.8, 4) is 5.88 Å². The molecule has 1 aromatic heterocycles. The average molecular weight is 264 g/mol. The number of rotatable bonds is 4. The fraction of sp³-hybridized carbons (Fsp3) is 0.714. The number of nitrogens with zero attached hydrogens (tertiary/aromatic N) is 4. The highest BCUT2D eigenvalue weighted by Gasteiger charge is 2.26. The third kappa shape index (κ3) is 3.15. The molecule has 19 heavy (non-hydrogen) atoms. The lowest BCUT2D eigenvalue weighted by atomic mass is 9.90. The first-order valence-corrected chi connectivity index (χ1v) is 6.90. The lowest BCUT2D eigenvalue weighted by Gasteiger charge is -2.37. The molecule has 1 aromatic rings. The quantitative estimate of drug-likeness (QED) is 0.827. The summed E-state index contributed by atoms with van der Waals surface area (Å²) in [5.41, 5.74) is 0. The van der Waals surface area contributed by atoms with Gasteiger partial charge in [-0.15, -0.1) is 0 Å². The van der Waals surface area contributed by atoms with Crippen LogP contribution in [0.5, 0.6) is 5.88 Å². The maximum absolute atomic E-state index is 5.29. The molecule has 1 atom stereocenters. The number of hydrogen-bond donors (Lipinski definition) is 0. The third-order valence-corrected chi connectivity index (χ3v) is 4.18. The van der Waals surface area contributed by atoms with Crippen molar-refractivity contribution in [1.82, 2.24) is 14.9 Å². The highest BCUT2D eigenvalue weighted by Crippen LogP contribution is 2.29. The number of hydrogen-bond acceptors (Lipinski definition) is 5. The summed E-state index contributed by atoms with van der Waals surface area (Å²) in [6.07, 6.45) is 5.79. The highest BCUT2D eigenvalue weighted by atomic mass is 16.5. The summed E-state index contributed by atoms with van der Waals surface area (Å²) in [7, 11) is 5.96. The lowest BCUT2D eigenvalue weighted by Crippen LogP contribution is -2.42. The normalized spacial score (nSPS) is 18.7. The topological polar surface area (TPSA) is 41.5 Å². The third-order valence-electron chi connectivity index (χ3n) is 4.18. The van der Waals surface area contributed by atoms with Gasteiger partial charge in [-0.1, -0.05) is 0 Å². The molecule has 1 aliphatic rings. The van der Waals surface area contributed by atoms with Gasteiger partial charge in [-0.05, 0) is 39.8 Å². The zero-order chi connectivity index (χ0) is 13.8. The Morgan fingerprint density at radius 3 is 2.47 bits per heavy atom. The van der Waals surface area contributed by atoms with Crippen LogP contribution in [0.25, 0.3) is 0 Å². The molecule has 0 spiro atoms. The predicted octanol–water partition coefficient (Wildman–Crippen LogP) is 1.65. The molecule has 0 radical (unpaired) electrons. The van der Waals surface area contributed by atoms with Crippen LogP contribution in [-0.2, 0) is 0 Å². The molecule has 0 saturated carbocycles. The van der Waals surface area contributed by atoms with Crippen molar-refractivity contribution in [3.05, 3.63) is 12.4 Å². The molecular weight excluding hydrogens is 240 g/mol. The van der Waals surface area contributed by atoms with E-state index in [4.69, 9.17) is 4.74 Å². The summed E-state index contributed by atoms with van der Waals surface area (Å²) >= 11 is 0. The number of anilines is 1. The molecule has 1 saturated heterocycles. The summed E-state index contributed by atoms with van der Waals surface area (Å²) in [5.74, 6) is 2.26. The standard InChI is InChI=1S/C14H24N4O/c1-11(17(2)3)12-5-9-18(10-6-12)13-14(19-4)16-8-7-15-13/h7-8,11-12H,5-6,9-10H2,1-4H3/t11-/m0/s1. The first kappa shape index (κ1) is 14.1. The minimum atomic E-state index is 0.626. The van der Waals surface area contributed by atoms with E-state index in [9.17, 15) is 0 Å². The van der Waals surface area contributed by atoms with E-state index in [1.165, 1.54) is 12.8 Å². The molecule has 1 fully saturated rings. The first-order chi connectivity index (χ1) is 9.13. The Morgan fingerprint density at radius 1 is 1.26 bits per heavy atom. The Bertz CT molecular complexity index is 402. The monoisotopic (exact) mass is 264 g/mol. The fourth-order valence-corrected chi connectivity index (χ4v) is 2.69. The smallest absolute Gasteiger partial charge is 0.257 e. The van der Waals surface area contributed by atoms with Crippen molar-refractivity contribution in [2.45, 2.75) is 25.8 Å². The van der Waals surface area contributed by atoms with Crippen LogP contribution < -0.4 is 9.64 Å². The van der Waals surface area contributed by atoms with Gasteiger partial charge in [0.1, 0.15) is 0 Å². The Hall–Kier alpha value is -1.36. The molecule has 2 heterocycles. The van der Waals surface area contributed by atoms with E-state index in [0.29, 0.717) is 11.9 Å². The largest absolute Gasteiger partial charge is 0.478 e. The van der Waals surface area contributed by atoms with E-state index < -0.39 is 0 Å². The van der Waals surface area contributed by atoms with Crippen LogP contribution in [0.15, 0.2) is 12.4 Å². The molecule has 0 N–H and O–H groups in total. The molecule has 0 aliphatic carbocycles. The van der Waals surface area contributed by atoms with E-state index in [1.807, 2.05) is 0 Å². The second kappa shape index (κ2) is 6.19. The summed E-state index contributed by atoms with van der Waals surface area (Å²) < 4.78 is 5.29. The van der Waals surface area contributed by atoms with E-state index in [-0.39, 0.29) is 0 Å². The van der Waals surface area contributed by atoms with E-state index >= 15 is 0 Å². The van der Waals surface area contributed by atoms with E-state index in [1.54, 1.807) is 19.5 Å². The summed E-state index contributed by atoms with van der Waals surface area (Å²) in [6.45, 7) is 4.36. The van der Waals surface area contributed by atoms with Crippen molar-refractivity contribution >= 4 is 5.82 Å². The van der Waals surface area contributed by atoms with Crippen LogP contribution in [0.2, 0.25) is 0 Å². The van der Waals surface area contributed by atoms with Gasteiger partial charge in [-0.3, -0.25) is 0 Å². The van der Waals surface area contributed by atoms with Gasteiger partial charge in [0, 0.05) is 31.5 Å². The minimum absolute atomic E-state index is 0.626. The number of aromatic nitrogens is 2. The molecule has 5 heteroatoms. The molecule has 0 aromatic carbocycles. The first-order valence-electron chi connectivity index (χ1n) is 6.90. The molecule has 2 rings (SSSR count). The van der Waals surface area contributed by atoms with Gasteiger partial charge >= 0.3 is 0 Å². The molecule has 0 unspecified atom stereocenters. The van der Waals surface area contributed by atoms with E-state index in [2.05, 4.69) is 40.8 Å². The number of piperidine rings is 1. The van der Waals surface area contributed by atoms with Gasteiger partial charge < -0.3 is 14.5 Å². The average Bonchev–Trinajstić information content (AvgIpc) is 2.46. The van der Waals surface area contributed by atoms with Gasteiger partial charge in [0.25, 0.3) is 5.88 Å². The second-order valence-corrected chi connectivity index (χ2v) is 5.42. The zero-order valence-electron chi connectivity index (χ0n) is 12.3. The molecule has 106 valence electrons. The number of ether oxygens (including phenoxy) is 1. The van der Waals surface area contributed by atoms with Crippen molar-refractivity contribution in [1.29, 1.82) is 0 Å². The number of methoxy groups -OCH3 is 1. The van der Waals surface area contributed by atoms with Crippen LogP contribution in [-0.4, -0.2) is 55.2 Å². The molecule has 5 nitrogen and oxygen atoms in total. The maximum Gasteiger partial charge on any atom is 0.257 e. The van der Waals surface area contributed by atoms with Crippen LogP contribution in [0, 0.1) is 5.92 Å². The van der Waals surface area contributed by atoms with E-state index in [0.717, 1.165) is 24.8 Å². The minimum Gasteiger partial charge on any atom is -0.478 e. The fourth-order valence-electron chi connectivity index (χ4n) is 2.69. The Balaban J connectivity index is 2.00. The Labute approximate surface area is 115 Å². The van der Waals surface area contributed by atoms with Crippen LogP contribution >= 0.6 is 0 Å². The van der Waals surface area contributed by atoms with Gasteiger partial charge in [-0.2, -0.15) is 0 Å². The van der Waals surface area contributed by atoms with Gasteiger partial charge in [0.05, 0.1) is 7.11 Å². The summed E-state index contributed by atoms with van der Waals surface area (Å²) in [5, 5.41) is 0. The van der Waals surface area contributed by atoms with Crippen LogP contribution in [0.3, 0.4) is 0 Å². The zero-order valence-corrected chi connectivity index (χ0v) is 12.3. The Kier molecular flexibility index (Phi) is 4.58. The molecule has 1 aliphatic heterocycles. The van der Waals surface area contributed by atoms with Crippen molar-refractivity contribution in [3.63, 3.8) is 0 Å². The van der Waals surface area contributed by atoms with Gasteiger partial charge in [0.15, 0.2) is 5.82 Å². The Morgan fingerprint density at radius 2 is 1.89 bits per heavy atom. The van der Waals surface area contributed by atoms with Crippen molar-refractivity contribution in [2.75, 3.05) is 39.2 Å². The van der Waals surface area contributed by atoms with Crippen LogP contribution in [0.4, 0.5) is 5.82 Å². The summed E-state index contributed by atoms with van der Waals surface area (Å²) in [4.78, 5) is 13.2. The van der Waals surface area contributed by atoms with Gasteiger partial charge in [0.2, 0.25) is 0 Å². The second-order valence-electron chi connectivity index (χ2n) is 5.42. The lowest BCUT2D eigenvalue weighted by molar-refractivity contribution is 0.198. The van der Waals surface area contributed by atoms with Crippen LogP contribution in [0.1, 0.15) is 19.8 Å². The SMILES string of the molecule is COc1nccnc1N1CCC([C@H](C)N(C)C)CC1. The molecule has 0 amide bonds. The van der Waals surface area contributed by atoms with Crippen molar-refractivity contribution < 1.29 is 4.74 Å². The highest BCUT2D eigenvalue weighted by molar-refractivity contribution is 5.48. The summed E-state index contributed by atoms with van der Waals surface area (Å²) in [6, 6.07) is 0.630.